The molecular weight excluding hydrogens is 454 g/mol. The van der Waals surface area contributed by atoms with E-state index in [9.17, 15) is 10.1 Å². The zero-order valence-corrected chi connectivity index (χ0v) is 19.4. The molecule has 0 saturated carbocycles. The smallest absolute Gasteiger partial charge is 0.344 e. The SMILES string of the molecule is COc1ccc(Nc2c(-c3ccc(OC(C)C(=O)O)c(OC)c3)[nH]c3c(C#N)cnn23)cc1OC. The molecule has 0 saturated heterocycles. The maximum Gasteiger partial charge on any atom is 0.344 e. The Morgan fingerprint density at radius 1 is 1.09 bits per heavy atom. The maximum atomic E-state index is 11.2. The predicted molar refractivity (Wildman–Crippen MR) is 127 cm³/mol. The van der Waals surface area contributed by atoms with E-state index in [2.05, 4.69) is 21.5 Å². The minimum Gasteiger partial charge on any atom is -0.493 e. The van der Waals surface area contributed by atoms with Crippen LogP contribution in [-0.2, 0) is 4.79 Å². The number of carboxylic acids is 1. The second-order valence-corrected chi connectivity index (χ2v) is 7.44. The number of nitrogens with zero attached hydrogens (tertiary/aromatic N) is 3. The number of fused-ring (bicyclic) bond motifs is 1. The normalized spacial score (nSPS) is 11.5. The summed E-state index contributed by atoms with van der Waals surface area (Å²) in [7, 11) is 4.58. The fraction of sp³-hybridized carbons (Fsp3) is 0.208. The molecule has 11 nitrogen and oxygen atoms in total. The lowest BCUT2D eigenvalue weighted by molar-refractivity contribution is -0.144. The topological polar surface area (TPSA) is 143 Å². The van der Waals surface area contributed by atoms with Crippen LogP contribution >= 0.6 is 0 Å². The lowest BCUT2D eigenvalue weighted by Gasteiger charge is -2.15. The molecule has 2 aromatic carbocycles. The van der Waals surface area contributed by atoms with Gasteiger partial charge in [0, 0.05) is 17.3 Å². The van der Waals surface area contributed by atoms with Crippen molar-refractivity contribution in [3.05, 3.63) is 48.2 Å². The summed E-state index contributed by atoms with van der Waals surface area (Å²) < 4.78 is 23.3. The first-order chi connectivity index (χ1) is 16.9. The van der Waals surface area contributed by atoms with Crippen LogP contribution in [0.2, 0.25) is 0 Å². The van der Waals surface area contributed by atoms with Crippen LogP contribution in [0.3, 0.4) is 0 Å². The van der Waals surface area contributed by atoms with Crippen molar-refractivity contribution in [1.29, 1.82) is 5.26 Å². The van der Waals surface area contributed by atoms with Crippen LogP contribution in [0.5, 0.6) is 23.0 Å². The molecule has 0 aliphatic heterocycles. The third-order valence-electron chi connectivity index (χ3n) is 5.33. The first kappa shape index (κ1) is 23.3. The fourth-order valence-corrected chi connectivity index (χ4v) is 3.54. The highest BCUT2D eigenvalue weighted by atomic mass is 16.5. The number of hydrogen-bond acceptors (Lipinski definition) is 8. The van der Waals surface area contributed by atoms with Gasteiger partial charge in [-0.1, -0.05) is 0 Å². The summed E-state index contributed by atoms with van der Waals surface area (Å²) >= 11 is 0. The van der Waals surface area contributed by atoms with E-state index in [1.165, 1.54) is 20.2 Å². The molecule has 0 radical (unpaired) electrons. The van der Waals surface area contributed by atoms with Crippen molar-refractivity contribution < 1.29 is 28.8 Å². The van der Waals surface area contributed by atoms with Gasteiger partial charge in [-0.2, -0.15) is 14.9 Å². The highest BCUT2D eigenvalue weighted by Crippen LogP contribution is 2.38. The number of aromatic nitrogens is 3. The third kappa shape index (κ3) is 4.37. The van der Waals surface area contributed by atoms with Crippen molar-refractivity contribution in [2.75, 3.05) is 26.6 Å². The van der Waals surface area contributed by atoms with E-state index in [-0.39, 0.29) is 5.75 Å². The number of nitrogens with one attached hydrogen (secondary N) is 2. The largest absolute Gasteiger partial charge is 0.493 e. The Morgan fingerprint density at radius 2 is 1.77 bits per heavy atom. The molecule has 4 rings (SSSR count). The summed E-state index contributed by atoms with van der Waals surface area (Å²) in [4.78, 5) is 14.4. The molecule has 0 aliphatic rings. The number of anilines is 2. The standard InChI is InChI=1S/C24H23N5O6/c1-13(24(30)31)35-18-7-5-14(9-19(18)33-3)21-23(29-22(28-21)15(11-25)12-26-29)27-16-6-8-17(32-2)20(10-16)34-4/h5-10,12-13,27-28H,1-4H3,(H,30,31). The Labute approximate surface area is 200 Å². The van der Waals surface area contributed by atoms with Crippen LogP contribution in [0.25, 0.3) is 16.9 Å². The number of rotatable bonds is 9. The van der Waals surface area contributed by atoms with Gasteiger partial charge in [-0.3, -0.25) is 0 Å². The lowest BCUT2D eigenvalue weighted by Crippen LogP contribution is -2.23. The summed E-state index contributed by atoms with van der Waals surface area (Å²) in [5.74, 6) is 1.23. The summed E-state index contributed by atoms with van der Waals surface area (Å²) in [5, 5.41) is 26.3. The van der Waals surface area contributed by atoms with E-state index < -0.39 is 12.1 Å². The molecule has 0 spiro atoms. The molecule has 11 heteroatoms. The average Bonchev–Trinajstić information content (AvgIpc) is 3.43. The summed E-state index contributed by atoms with van der Waals surface area (Å²) in [6, 6.07) is 12.6. The Bertz CT molecular complexity index is 1430. The minimum atomic E-state index is -1.09. The number of carbonyl (C=O) groups is 1. The molecule has 0 fully saturated rings. The van der Waals surface area contributed by atoms with E-state index in [4.69, 9.17) is 24.1 Å². The zero-order valence-electron chi connectivity index (χ0n) is 19.4. The molecule has 1 unspecified atom stereocenters. The van der Waals surface area contributed by atoms with Gasteiger partial charge >= 0.3 is 5.97 Å². The summed E-state index contributed by atoms with van der Waals surface area (Å²) in [6.45, 7) is 1.43. The number of H-pyrrole nitrogens is 1. The van der Waals surface area contributed by atoms with Crippen LogP contribution in [0.15, 0.2) is 42.6 Å². The highest BCUT2D eigenvalue weighted by Gasteiger charge is 2.21. The molecular formula is C24H23N5O6. The monoisotopic (exact) mass is 477 g/mol. The van der Waals surface area contributed by atoms with E-state index in [1.807, 2.05) is 6.07 Å². The van der Waals surface area contributed by atoms with Crippen molar-refractivity contribution in [3.8, 4) is 40.3 Å². The number of nitriles is 1. The number of aromatic amines is 1. The number of methoxy groups -OCH3 is 3. The summed E-state index contributed by atoms with van der Waals surface area (Å²) in [5.41, 5.74) is 2.88. The van der Waals surface area contributed by atoms with Gasteiger partial charge in [-0.25, -0.2) is 4.79 Å². The van der Waals surface area contributed by atoms with Gasteiger partial charge in [-0.05, 0) is 37.3 Å². The Kier molecular flexibility index (Phi) is 6.37. The van der Waals surface area contributed by atoms with Crippen LogP contribution in [0, 0.1) is 11.3 Å². The van der Waals surface area contributed by atoms with Gasteiger partial charge in [0.05, 0.1) is 33.2 Å². The molecule has 2 aromatic heterocycles. The van der Waals surface area contributed by atoms with Crippen molar-refractivity contribution in [2.24, 2.45) is 0 Å². The Hall–Kier alpha value is -4.85. The quantitative estimate of drug-likeness (QED) is 0.328. The van der Waals surface area contributed by atoms with Crippen LogP contribution in [0.1, 0.15) is 12.5 Å². The van der Waals surface area contributed by atoms with E-state index in [1.54, 1.807) is 49.1 Å². The first-order valence-corrected chi connectivity index (χ1v) is 10.5. The molecule has 0 aliphatic carbocycles. The van der Waals surface area contributed by atoms with E-state index >= 15 is 0 Å². The van der Waals surface area contributed by atoms with Crippen LogP contribution < -0.4 is 24.3 Å². The molecule has 0 bridgehead atoms. The van der Waals surface area contributed by atoms with E-state index in [0.29, 0.717) is 51.2 Å². The van der Waals surface area contributed by atoms with Gasteiger partial charge in [0.1, 0.15) is 11.6 Å². The molecule has 35 heavy (non-hydrogen) atoms. The van der Waals surface area contributed by atoms with Gasteiger partial charge in [-0.15, -0.1) is 0 Å². The molecule has 2 heterocycles. The predicted octanol–water partition coefficient (Wildman–Crippen LogP) is 3.82. The summed E-state index contributed by atoms with van der Waals surface area (Å²) in [6.07, 6.45) is 0.421. The maximum absolute atomic E-state index is 11.2. The van der Waals surface area contributed by atoms with Gasteiger partial charge in [0.15, 0.2) is 40.6 Å². The third-order valence-corrected chi connectivity index (χ3v) is 5.33. The lowest BCUT2D eigenvalue weighted by atomic mass is 10.1. The Morgan fingerprint density at radius 3 is 2.43 bits per heavy atom. The minimum absolute atomic E-state index is 0.287. The molecule has 4 aromatic rings. The number of hydrogen-bond donors (Lipinski definition) is 3. The van der Waals surface area contributed by atoms with Crippen molar-refractivity contribution in [3.63, 3.8) is 0 Å². The van der Waals surface area contributed by atoms with Crippen molar-refractivity contribution in [2.45, 2.75) is 13.0 Å². The number of aliphatic carboxylic acids is 1. The van der Waals surface area contributed by atoms with Crippen molar-refractivity contribution in [1.82, 2.24) is 14.6 Å². The van der Waals surface area contributed by atoms with Gasteiger partial charge in [0.25, 0.3) is 0 Å². The molecule has 180 valence electrons. The van der Waals surface area contributed by atoms with Gasteiger partial charge < -0.3 is 34.4 Å². The fourth-order valence-electron chi connectivity index (χ4n) is 3.54. The number of carboxylic acid groups (broad SMARTS) is 1. The second-order valence-electron chi connectivity index (χ2n) is 7.44. The number of benzene rings is 2. The molecule has 3 N–H and O–H groups in total. The molecule has 0 amide bonds. The van der Waals surface area contributed by atoms with Crippen molar-refractivity contribution >= 4 is 23.1 Å². The van der Waals surface area contributed by atoms with Gasteiger partial charge in [0.2, 0.25) is 0 Å². The average molecular weight is 477 g/mol. The Balaban J connectivity index is 1.81. The number of imidazole rings is 1. The van der Waals surface area contributed by atoms with Crippen LogP contribution in [-0.4, -0.2) is 53.1 Å². The second kappa shape index (κ2) is 9.56. The van der Waals surface area contributed by atoms with Crippen LogP contribution in [0.4, 0.5) is 11.5 Å². The number of ether oxygens (including phenoxy) is 4. The highest BCUT2D eigenvalue weighted by molar-refractivity contribution is 5.82. The first-order valence-electron chi connectivity index (χ1n) is 10.5. The van der Waals surface area contributed by atoms with E-state index in [0.717, 1.165) is 0 Å². The zero-order chi connectivity index (χ0) is 25.1. The molecule has 1 atom stereocenters.